The molecule has 2 nitrogen and oxygen atoms in total. The fourth-order valence-corrected chi connectivity index (χ4v) is 0.517. The third kappa shape index (κ3) is 1.66. The normalized spacial score (nSPS) is 8.50. The number of nitrogens with two attached hydrogens (primary N) is 1. The SMILES string of the molecule is Nc1c([O-])cccc1F.[Li+]. The molecule has 0 aliphatic heterocycles. The van der Waals surface area contributed by atoms with Crippen LogP contribution in [0.3, 0.4) is 0 Å². The Bertz CT molecular complexity index is 209. The molecule has 1 rings (SSSR count). The summed E-state index contributed by atoms with van der Waals surface area (Å²) in [6.45, 7) is 0. The van der Waals surface area contributed by atoms with Gasteiger partial charge in [0.1, 0.15) is 5.82 Å². The van der Waals surface area contributed by atoms with Gasteiger partial charge in [-0.2, -0.15) is 0 Å². The molecular weight excluding hydrogens is 128 g/mol. The molecule has 0 saturated heterocycles. The molecule has 2 N–H and O–H groups in total. The Morgan fingerprint density at radius 3 is 2.40 bits per heavy atom. The van der Waals surface area contributed by atoms with Crippen LogP contribution in [0.15, 0.2) is 18.2 Å². The quantitative estimate of drug-likeness (QED) is 0.314. The van der Waals surface area contributed by atoms with Crippen molar-refractivity contribution in [1.82, 2.24) is 0 Å². The van der Waals surface area contributed by atoms with Crippen molar-refractivity contribution in [2.24, 2.45) is 0 Å². The van der Waals surface area contributed by atoms with Crippen molar-refractivity contribution < 1.29 is 28.4 Å². The van der Waals surface area contributed by atoms with Gasteiger partial charge in [0.15, 0.2) is 0 Å². The minimum absolute atomic E-state index is 0. The summed E-state index contributed by atoms with van der Waals surface area (Å²) < 4.78 is 12.3. The molecular formula is C6H5FLiNO. The smallest absolute Gasteiger partial charge is 0.871 e. The summed E-state index contributed by atoms with van der Waals surface area (Å²) in [6.07, 6.45) is 0. The van der Waals surface area contributed by atoms with E-state index in [1.165, 1.54) is 12.1 Å². The van der Waals surface area contributed by atoms with E-state index in [4.69, 9.17) is 5.73 Å². The van der Waals surface area contributed by atoms with Crippen LogP contribution in [0.25, 0.3) is 0 Å². The van der Waals surface area contributed by atoms with E-state index in [1.54, 1.807) is 0 Å². The summed E-state index contributed by atoms with van der Waals surface area (Å²) in [6, 6.07) is 3.70. The Morgan fingerprint density at radius 1 is 1.40 bits per heavy atom. The fraction of sp³-hybridized carbons (Fsp3) is 0. The van der Waals surface area contributed by atoms with E-state index in [0.717, 1.165) is 6.07 Å². The number of hydrogen-bond donors (Lipinski definition) is 1. The summed E-state index contributed by atoms with van der Waals surface area (Å²) in [7, 11) is 0. The van der Waals surface area contributed by atoms with Crippen LogP contribution in [0.1, 0.15) is 0 Å². The average Bonchev–Trinajstić information content (AvgIpc) is 1.83. The first-order valence-electron chi connectivity index (χ1n) is 2.43. The first kappa shape index (κ1) is 9.35. The van der Waals surface area contributed by atoms with Gasteiger partial charge in [-0.15, -0.1) is 0 Å². The van der Waals surface area contributed by atoms with Gasteiger partial charge < -0.3 is 10.8 Å². The fourth-order valence-electron chi connectivity index (χ4n) is 0.517. The molecule has 0 aliphatic rings. The predicted molar refractivity (Wildman–Crippen MR) is 30.3 cm³/mol. The maximum atomic E-state index is 12.3. The van der Waals surface area contributed by atoms with E-state index >= 15 is 0 Å². The van der Waals surface area contributed by atoms with Crippen LogP contribution < -0.4 is 29.7 Å². The van der Waals surface area contributed by atoms with E-state index < -0.39 is 11.6 Å². The molecule has 48 valence electrons. The zero-order valence-corrected chi connectivity index (χ0v) is 5.60. The van der Waals surface area contributed by atoms with Crippen molar-refractivity contribution >= 4 is 5.69 Å². The number of hydrogen-bond acceptors (Lipinski definition) is 2. The van der Waals surface area contributed by atoms with Crippen molar-refractivity contribution in [2.45, 2.75) is 0 Å². The van der Waals surface area contributed by atoms with Gasteiger partial charge in [0.25, 0.3) is 0 Å². The number of para-hydroxylation sites is 1. The van der Waals surface area contributed by atoms with E-state index in [9.17, 15) is 9.50 Å². The second kappa shape index (κ2) is 3.50. The number of rotatable bonds is 0. The maximum Gasteiger partial charge on any atom is 1.00 e. The monoisotopic (exact) mass is 133 g/mol. The third-order valence-electron chi connectivity index (χ3n) is 1.01. The maximum absolute atomic E-state index is 12.3. The van der Waals surface area contributed by atoms with Gasteiger partial charge in [0.05, 0.1) is 5.69 Å². The molecule has 0 atom stereocenters. The predicted octanol–water partition coefficient (Wildman–Crippen LogP) is -2.51. The number of benzene rings is 1. The molecule has 1 aromatic rings. The van der Waals surface area contributed by atoms with Gasteiger partial charge in [0, 0.05) is 0 Å². The van der Waals surface area contributed by atoms with Crippen molar-refractivity contribution in [3.05, 3.63) is 24.0 Å². The van der Waals surface area contributed by atoms with Gasteiger partial charge in [-0.05, 0) is 6.07 Å². The third-order valence-corrected chi connectivity index (χ3v) is 1.01. The summed E-state index contributed by atoms with van der Waals surface area (Å²) in [5, 5.41) is 10.5. The van der Waals surface area contributed by atoms with Crippen molar-refractivity contribution in [3.8, 4) is 5.75 Å². The molecule has 0 unspecified atom stereocenters. The van der Waals surface area contributed by atoms with Crippen LogP contribution in [-0.2, 0) is 0 Å². The van der Waals surface area contributed by atoms with E-state index in [2.05, 4.69) is 0 Å². The molecule has 0 spiro atoms. The van der Waals surface area contributed by atoms with Crippen LogP contribution in [0, 0.1) is 5.82 Å². The molecule has 0 saturated carbocycles. The number of nitrogen functional groups attached to an aromatic ring is 1. The molecule has 10 heavy (non-hydrogen) atoms. The average molecular weight is 133 g/mol. The van der Waals surface area contributed by atoms with Gasteiger partial charge in [-0.3, -0.25) is 0 Å². The van der Waals surface area contributed by atoms with Gasteiger partial charge in [-0.1, -0.05) is 17.9 Å². The summed E-state index contributed by atoms with van der Waals surface area (Å²) in [4.78, 5) is 0. The van der Waals surface area contributed by atoms with Gasteiger partial charge in [-0.25, -0.2) is 4.39 Å². The van der Waals surface area contributed by atoms with Crippen LogP contribution >= 0.6 is 0 Å². The van der Waals surface area contributed by atoms with Crippen LogP contribution in [0.4, 0.5) is 10.1 Å². The number of anilines is 1. The Morgan fingerprint density at radius 2 is 2.00 bits per heavy atom. The molecule has 0 heterocycles. The molecule has 0 aliphatic carbocycles. The van der Waals surface area contributed by atoms with Crippen molar-refractivity contribution in [1.29, 1.82) is 0 Å². The summed E-state index contributed by atoms with van der Waals surface area (Å²) >= 11 is 0. The van der Waals surface area contributed by atoms with Gasteiger partial charge in [0.2, 0.25) is 0 Å². The van der Waals surface area contributed by atoms with Crippen LogP contribution in [-0.4, -0.2) is 0 Å². The first-order chi connectivity index (χ1) is 4.22. The minimum atomic E-state index is -0.650. The van der Waals surface area contributed by atoms with Crippen LogP contribution in [0.2, 0.25) is 0 Å². The molecule has 0 fully saturated rings. The molecule has 0 radical (unpaired) electrons. The molecule has 0 aromatic heterocycles. The van der Waals surface area contributed by atoms with E-state index in [1.807, 2.05) is 0 Å². The van der Waals surface area contributed by atoms with E-state index in [-0.39, 0.29) is 24.5 Å². The summed E-state index contributed by atoms with van der Waals surface area (Å²) in [5.41, 5.74) is 4.69. The van der Waals surface area contributed by atoms with E-state index in [0.29, 0.717) is 0 Å². The standard InChI is InChI=1S/C6H6FNO.Li/c7-4-2-1-3-5(9)6(4)8;/h1-3,9H,8H2;/q;+1/p-1. The molecule has 0 amide bonds. The van der Waals surface area contributed by atoms with Crippen molar-refractivity contribution in [2.75, 3.05) is 5.73 Å². The topological polar surface area (TPSA) is 49.1 Å². The molecule has 0 bridgehead atoms. The summed E-state index contributed by atoms with van der Waals surface area (Å²) in [5.74, 6) is -1.11. The number of halogens is 1. The van der Waals surface area contributed by atoms with Crippen LogP contribution in [0.5, 0.6) is 5.75 Å². The Balaban J connectivity index is 0.000000810. The largest absolute Gasteiger partial charge is 1.00 e. The Hall–Kier alpha value is -0.653. The Labute approximate surface area is 70.0 Å². The van der Waals surface area contributed by atoms with Gasteiger partial charge >= 0.3 is 18.9 Å². The zero-order valence-electron chi connectivity index (χ0n) is 5.60. The zero-order chi connectivity index (χ0) is 6.85. The first-order valence-corrected chi connectivity index (χ1v) is 2.43. The molecule has 1 aromatic carbocycles. The molecule has 4 heteroatoms. The second-order valence-corrected chi connectivity index (χ2v) is 1.65. The minimum Gasteiger partial charge on any atom is -0.871 e. The second-order valence-electron chi connectivity index (χ2n) is 1.65. The van der Waals surface area contributed by atoms with Crippen molar-refractivity contribution in [3.63, 3.8) is 0 Å². The Kier molecular flexibility index (Phi) is 3.27.